The smallest absolute Gasteiger partial charge is 0.338 e. The second-order valence-corrected chi connectivity index (χ2v) is 7.61. The monoisotopic (exact) mass is 418 g/mol. The molecule has 2 aromatic rings. The minimum Gasteiger partial charge on any atom is -0.462 e. The molecule has 2 heterocycles. The Kier molecular flexibility index (Phi) is 6.21. The van der Waals surface area contributed by atoms with Gasteiger partial charge in [-0.1, -0.05) is 26.0 Å². The minimum atomic E-state index is -0.622. The zero-order chi connectivity index (χ0) is 22.7. The molecule has 0 spiro atoms. The fourth-order valence-corrected chi connectivity index (χ4v) is 3.05. The lowest BCUT2D eigenvalue weighted by molar-refractivity contribution is -0.138. The quantitative estimate of drug-likeness (QED) is 0.414. The Balaban J connectivity index is 1.91. The summed E-state index contributed by atoms with van der Waals surface area (Å²) in [6.45, 7) is 5.82. The fourth-order valence-electron chi connectivity index (χ4n) is 3.05. The Hall–Kier alpha value is -3.92. The molecule has 0 bridgehead atoms. The number of rotatable bonds is 5. The number of likely N-dealkylation sites (N-methyl/N-ethyl adjacent to an activating group) is 1. The number of amides is 2. The van der Waals surface area contributed by atoms with Gasteiger partial charge in [0.2, 0.25) is 0 Å². The Morgan fingerprint density at radius 1 is 1.23 bits per heavy atom. The molecule has 0 radical (unpaired) electrons. The zero-order valence-electron chi connectivity index (χ0n) is 17.8. The van der Waals surface area contributed by atoms with E-state index in [1.165, 1.54) is 13.1 Å². The topological polar surface area (TPSA) is 101 Å². The van der Waals surface area contributed by atoms with E-state index in [9.17, 15) is 19.6 Å². The lowest BCUT2D eigenvalue weighted by atomic mass is 9.95. The van der Waals surface area contributed by atoms with Crippen LogP contribution >= 0.6 is 0 Å². The van der Waals surface area contributed by atoms with E-state index in [0.29, 0.717) is 34.8 Å². The van der Waals surface area contributed by atoms with E-state index in [1.807, 2.05) is 19.9 Å². The first-order valence-electron chi connectivity index (χ1n) is 9.75. The Morgan fingerprint density at radius 2 is 1.97 bits per heavy atom. The molecule has 31 heavy (non-hydrogen) atoms. The molecule has 0 unspecified atom stereocenters. The summed E-state index contributed by atoms with van der Waals surface area (Å²) in [5.41, 5.74) is 1.53. The van der Waals surface area contributed by atoms with Crippen LogP contribution in [0.25, 0.3) is 17.4 Å². The Labute approximate surface area is 180 Å². The highest BCUT2D eigenvalue weighted by Gasteiger charge is 2.33. The maximum absolute atomic E-state index is 12.5. The van der Waals surface area contributed by atoms with E-state index in [1.54, 1.807) is 43.3 Å². The molecule has 0 fully saturated rings. The third-order valence-electron chi connectivity index (χ3n) is 4.79. The van der Waals surface area contributed by atoms with E-state index in [-0.39, 0.29) is 17.1 Å². The molecule has 7 heteroatoms. The first-order chi connectivity index (χ1) is 14.7. The fraction of sp³-hybridized carbons (Fsp3) is 0.250. The Morgan fingerprint density at radius 3 is 2.65 bits per heavy atom. The molecular formula is C24H22N2O5. The molecule has 1 aliphatic rings. The molecule has 0 saturated heterocycles. The van der Waals surface area contributed by atoms with Crippen LogP contribution < -0.4 is 0 Å². The number of hydrogen-bond donors (Lipinski definition) is 0. The Bertz CT molecular complexity index is 1160. The number of nitrogens with zero attached hydrogens (tertiary/aromatic N) is 2. The molecule has 1 aliphatic heterocycles. The van der Waals surface area contributed by atoms with Crippen LogP contribution in [0, 0.1) is 17.2 Å². The standard InChI is InChI=1S/C24H22N2O5/c1-14(2)13-30-24(29)17-7-5-6-16(10-17)21-9-8-18(31-21)11-19-15(3)20(12-25)23(28)26(4)22(19)27/h5-11,14H,13H2,1-4H3/b19-11+. The first kappa shape index (κ1) is 21.8. The summed E-state index contributed by atoms with van der Waals surface area (Å²) >= 11 is 0. The van der Waals surface area contributed by atoms with Gasteiger partial charge in [0.25, 0.3) is 11.8 Å². The number of esters is 1. The second-order valence-electron chi connectivity index (χ2n) is 7.61. The van der Waals surface area contributed by atoms with Crippen molar-refractivity contribution in [2.24, 2.45) is 5.92 Å². The van der Waals surface area contributed by atoms with Crippen molar-refractivity contribution in [2.45, 2.75) is 20.8 Å². The molecule has 158 valence electrons. The summed E-state index contributed by atoms with van der Waals surface area (Å²) in [5.74, 6) is -0.415. The highest BCUT2D eigenvalue weighted by Crippen LogP contribution is 2.29. The van der Waals surface area contributed by atoms with Gasteiger partial charge >= 0.3 is 5.97 Å². The van der Waals surface area contributed by atoms with E-state index in [4.69, 9.17) is 9.15 Å². The van der Waals surface area contributed by atoms with Gasteiger partial charge in [0.1, 0.15) is 23.2 Å². The normalized spacial score (nSPS) is 15.6. The number of benzene rings is 1. The predicted octanol–water partition coefficient (Wildman–Crippen LogP) is 3.98. The van der Waals surface area contributed by atoms with Gasteiger partial charge in [-0.15, -0.1) is 0 Å². The largest absolute Gasteiger partial charge is 0.462 e. The number of imide groups is 1. The van der Waals surface area contributed by atoms with Crippen molar-refractivity contribution >= 4 is 23.9 Å². The lowest BCUT2D eigenvalue weighted by Gasteiger charge is -2.23. The van der Waals surface area contributed by atoms with Gasteiger partial charge in [-0.2, -0.15) is 5.26 Å². The van der Waals surface area contributed by atoms with Crippen molar-refractivity contribution in [3.8, 4) is 17.4 Å². The lowest BCUT2D eigenvalue weighted by Crippen LogP contribution is -2.39. The van der Waals surface area contributed by atoms with E-state index < -0.39 is 17.8 Å². The second kappa shape index (κ2) is 8.84. The summed E-state index contributed by atoms with van der Waals surface area (Å²) in [4.78, 5) is 37.7. The molecule has 2 amide bonds. The predicted molar refractivity (Wildman–Crippen MR) is 113 cm³/mol. The van der Waals surface area contributed by atoms with Crippen LogP contribution in [0.1, 0.15) is 36.9 Å². The van der Waals surface area contributed by atoms with Crippen LogP contribution in [0.4, 0.5) is 0 Å². The molecule has 1 aromatic heterocycles. The van der Waals surface area contributed by atoms with Crippen molar-refractivity contribution in [3.05, 3.63) is 64.4 Å². The van der Waals surface area contributed by atoms with E-state index >= 15 is 0 Å². The minimum absolute atomic E-state index is 0.0762. The zero-order valence-corrected chi connectivity index (χ0v) is 17.8. The van der Waals surface area contributed by atoms with Crippen LogP contribution in [0.5, 0.6) is 0 Å². The number of ether oxygens (including phenoxy) is 1. The van der Waals surface area contributed by atoms with Gasteiger partial charge in [-0.25, -0.2) is 4.79 Å². The van der Waals surface area contributed by atoms with Crippen LogP contribution in [0.2, 0.25) is 0 Å². The third-order valence-corrected chi connectivity index (χ3v) is 4.79. The van der Waals surface area contributed by atoms with Crippen LogP contribution in [-0.2, 0) is 14.3 Å². The third kappa shape index (κ3) is 4.48. The van der Waals surface area contributed by atoms with Gasteiger partial charge in [-0.05, 0) is 48.8 Å². The molecule has 0 N–H and O–H groups in total. The van der Waals surface area contributed by atoms with Gasteiger partial charge < -0.3 is 9.15 Å². The van der Waals surface area contributed by atoms with Crippen molar-refractivity contribution in [3.63, 3.8) is 0 Å². The van der Waals surface area contributed by atoms with Gasteiger partial charge in [-0.3, -0.25) is 14.5 Å². The summed E-state index contributed by atoms with van der Waals surface area (Å²) in [5, 5.41) is 9.26. The first-order valence-corrected chi connectivity index (χ1v) is 9.75. The molecular weight excluding hydrogens is 396 g/mol. The molecule has 0 atom stereocenters. The highest BCUT2D eigenvalue weighted by atomic mass is 16.5. The number of hydrogen-bond acceptors (Lipinski definition) is 6. The van der Waals surface area contributed by atoms with Gasteiger partial charge in [0.05, 0.1) is 12.2 Å². The number of carbonyl (C=O) groups excluding carboxylic acids is 3. The summed E-state index contributed by atoms with van der Waals surface area (Å²) in [6, 6.07) is 12.1. The average Bonchev–Trinajstić information content (AvgIpc) is 3.23. The van der Waals surface area contributed by atoms with E-state index in [2.05, 4.69) is 0 Å². The van der Waals surface area contributed by atoms with Crippen LogP contribution in [0.15, 0.2) is 57.5 Å². The molecule has 7 nitrogen and oxygen atoms in total. The highest BCUT2D eigenvalue weighted by molar-refractivity contribution is 6.19. The number of furan rings is 1. The number of carbonyl (C=O) groups is 3. The number of nitriles is 1. The molecule has 1 aromatic carbocycles. The molecule has 0 aliphatic carbocycles. The van der Waals surface area contributed by atoms with E-state index in [0.717, 1.165) is 4.90 Å². The summed E-state index contributed by atoms with van der Waals surface area (Å²) in [6.07, 6.45) is 1.50. The molecule has 0 saturated carbocycles. The SMILES string of the molecule is CC1=C(C#N)C(=O)N(C)C(=O)/C1=C/c1ccc(-c2cccc(C(=O)OCC(C)C)c2)o1. The molecule has 3 rings (SSSR count). The van der Waals surface area contributed by atoms with Gasteiger partial charge in [0, 0.05) is 18.2 Å². The van der Waals surface area contributed by atoms with Crippen molar-refractivity contribution in [2.75, 3.05) is 13.7 Å². The summed E-state index contributed by atoms with van der Waals surface area (Å²) in [7, 11) is 1.33. The average molecular weight is 418 g/mol. The van der Waals surface area contributed by atoms with Gasteiger partial charge in [0.15, 0.2) is 0 Å². The van der Waals surface area contributed by atoms with Crippen molar-refractivity contribution < 1.29 is 23.5 Å². The maximum atomic E-state index is 12.5. The maximum Gasteiger partial charge on any atom is 0.338 e. The van der Waals surface area contributed by atoms with Crippen molar-refractivity contribution in [1.29, 1.82) is 5.26 Å². The van der Waals surface area contributed by atoms with Crippen LogP contribution in [0.3, 0.4) is 0 Å². The van der Waals surface area contributed by atoms with Crippen molar-refractivity contribution in [1.82, 2.24) is 4.90 Å². The van der Waals surface area contributed by atoms with Crippen LogP contribution in [-0.4, -0.2) is 36.3 Å². The summed E-state index contributed by atoms with van der Waals surface area (Å²) < 4.78 is 11.1.